The maximum atomic E-state index is 5.56. The molecule has 8 nitrogen and oxygen atoms in total. The summed E-state index contributed by atoms with van der Waals surface area (Å²) in [5, 5.41) is 8.69. The third kappa shape index (κ3) is 3.48. The molecule has 0 unspecified atom stereocenters. The summed E-state index contributed by atoms with van der Waals surface area (Å²) in [5.41, 5.74) is 7.12. The van der Waals surface area contributed by atoms with E-state index in [1.54, 1.807) is 7.11 Å². The van der Waals surface area contributed by atoms with Gasteiger partial charge in [-0.25, -0.2) is 15.0 Å². The van der Waals surface area contributed by atoms with E-state index in [-0.39, 0.29) is 0 Å². The highest BCUT2D eigenvalue weighted by Crippen LogP contribution is 2.32. The Labute approximate surface area is 180 Å². The van der Waals surface area contributed by atoms with E-state index in [2.05, 4.69) is 46.4 Å². The van der Waals surface area contributed by atoms with Gasteiger partial charge in [-0.3, -0.25) is 4.68 Å². The highest BCUT2D eigenvalue weighted by molar-refractivity contribution is 5.94. The van der Waals surface area contributed by atoms with Gasteiger partial charge in [0.25, 0.3) is 0 Å². The summed E-state index contributed by atoms with van der Waals surface area (Å²) in [6, 6.07) is 8.21. The zero-order valence-corrected chi connectivity index (χ0v) is 18.2. The molecule has 0 saturated heterocycles. The van der Waals surface area contributed by atoms with Crippen molar-refractivity contribution < 1.29 is 4.74 Å². The summed E-state index contributed by atoms with van der Waals surface area (Å²) in [7, 11) is 5.70. The minimum atomic E-state index is 0.505. The number of nitrogens with one attached hydrogen (secondary N) is 1. The largest absolute Gasteiger partial charge is 0.480 e. The molecule has 5 rings (SSSR count). The molecule has 3 aromatic heterocycles. The van der Waals surface area contributed by atoms with Crippen LogP contribution in [0.2, 0.25) is 0 Å². The molecule has 1 aliphatic rings. The van der Waals surface area contributed by atoms with Crippen molar-refractivity contribution in [3.63, 3.8) is 0 Å². The van der Waals surface area contributed by atoms with E-state index in [9.17, 15) is 0 Å². The summed E-state index contributed by atoms with van der Waals surface area (Å²) >= 11 is 0. The molecule has 0 fully saturated rings. The van der Waals surface area contributed by atoms with Crippen LogP contribution in [0.3, 0.4) is 0 Å². The highest BCUT2D eigenvalue weighted by Gasteiger charge is 2.19. The number of para-hydroxylation sites is 1. The molecule has 4 aromatic rings. The van der Waals surface area contributed by atoms with Crippen molar-refractivity contribution in [2.75, 3.05) is 26.0 Å². The van der Waals surface area contributed by atoms with Crippen LogP contribution in [0.4, 0.5) is 11.6 Å². The van der Waals surface area contributed by atoms with Crippen LogP contribution in [-0.4, -0.2) is 50.3 Å². The van der Waals surface area contributed by atoms with Crippen LogP contribution >= 0.6 is 0 Å². The number of methoxy groups -OCH3 is 1. The Kier molecular flexibility index (Phi) is 4.78. The number of pyridine rings is 1. The Morgan fingerprint density at radius 1 is 1.10 bits per heavy atom. The van der Waals surface area contributed by atoms with E-state index in [4.69, 9.17) is 14.7 Å². The first-order valence-corrected chi connectivity index (χ1v) is 10.3. The van der Waals surface area contributed by atoms with E-state index < -0.39 is 0 Å². The molecule has 158 valence electrons. The van der Waals surface area contributed by atoms with Crippen LogP contribution in [0.1, 0.15) is 17.0 Å². The predicted octanol–water partition coefficient (Wildman–Crippen LogP) is 3.47. The maximum absolute atomic E-state index is 5.56. The third-order valence-electron chi connectivity index (χ3n) is 5.90. The Hall–Kier alpha value is -3.52. The molecular weight excluding hydrogens is 390 g/mol. The molecule has 0 bridgehead atoms. The fourth-order valence-electron chi connectivity index (χ4n) is 4.06. The third-order valence-corrected chi connectivity index (χ3v) is 5.90. The van der Waals surface area contributed by atoms with Crippen LogP contribution in [0.5, 0.6) is 5.88 Å². The smallest absolute Gasteiger partial charge is 0.237 e. The second kappa shape index (κ2) is 7.63. The number of ether oxygens (including phenoxy) is 1. The number of anilines is 2. The zero-order valence-electron chi connectivity index (χ0n) is 18.2. The molecule has 1 aliphatic heterocycles. The van der Waals surface area contributed by atoms with E-state index in [1.165, 1.54) is 5.56 Å². The molecule has 0 radical (unpaired) electrons. The number of aryl methyl sites for hydroxylation is 1. The second-order valence-corrected chi connectivity index (χ2v) is 7.97. The second-order valence-electron chi connectivity index (χ2n) is 7.97. The van der Waals surface area contributed by atoms with Crippen LogP contribution in [0.15, 0.2) is 36.7 Å². The molecule has 8 heteroatoms. The van der Waals surface area contributed by atoms with Gasteiger partial charge < -0.3 is 15.0 Å². The lowest BCUT2D eigenvalue weighted by atomic mass is 10.0. The minimum absolute atomic E-state index is 0.505. The van der Waals surface area contributed by atoms with Gasteiger partial charge in [0.05, 0.1) is 24.5 Å². The first kappa shape index (κ1) is 19.4. The van der Waals surface area contributed by atoms with Gasteiger partial charge in [0.1, 0.15) is 5.69 Å². The van der Waals surface area contributed by atoms with E-state index in [0.717, 1.165) is 58.6 Å². The normalized spacial score (nSPS) is 13.9. The molecule has 1 N–H and O–H groups in total. The predicted molar refractivity (Wildman–Crippen MR) is 121 cm³/mol. The molecule has 4 heterocycles. The van der Waals surface area contributed by atoms with Crippen molar-refractivity contribution in [1.29, 1.82) is 0 Å². The van der Waals surface area contributed by atoms with Crippen LogP contribution < -0.4 is 10.1 Å². The average Bonchev–Trinajstić information content (AvgIpc) is 3.11. The lowest BCUT2D eigenvalue weighted by Gasteiger charge is -2.25. The lowest BCUT2D eigenvalue weighted by Crippen LogP contribution is -2.27. The van der Waals surface area contributed by atoms with Gasteiger partial charge >= 0.3 is 0 Å². The topological polar surface area (TPSA) is 81.0 Å². The number of nitrogens with zero attached hydrogens (tertiary/aromatic N) is 6. The van der Waals surface area contributed by atoms with Gasteiger partial charge in [-0.2, -0.15) is 5.10 Å². The number of hydrogen-bond acceptors (Lipinski definition) is 7. The van der Waals surface area contributed by atoms with Gasteiger partial charge in [0.2, 0.25) is 11.8 Å². The Balaban J connectivity index is 1.57. The molecule has 0 aliphatic carbocycles. The Bertz CT molecular complexity index is 1280. The summed E-state index contributed by atoms with van der Waals surface area (Å²) < 4.78 is 7.43. The molecule has 0 atom stereocenters. The molecule has 1 aromatic carbocycles. The summed E-state index contributed by atoms with van der Waals surface area (Å²) in [6.45, 7) is 3.92. The summed E-state index contributed by atoms with van der Waals surface area (Å²) in [6.07, 6.45) is 4.64. The van der Waals surface area contributed by atoms with Crippen molar-refractivity contribution in [3.8, 4) is 17.0 Å². The van der Waals surface area contributed by atoms with Crippen molar-refractivity contribution in [1.82, 2.24) is 29.6 Å². The molecule has 31 heavy (non-hydrogen) atoms. The van der Waals surface area contributed by atoms with E-state index in [1.807, 2.05) is 36.3 Å². The highest BCUT2D eigenvalue weighted by atomic mass is 16.5. The van der Waals surface area contributed by atoms with Crippen LogP contribution in [0, 0.1) is 6.92 Å². The SMILES string of the molecule is COc1nc2c(cc1Nc1ncc3cccc(-c4cnn(C)c4C)c3n1)CN(C)CC2. The first-order valence-electron chi connectivity index (χ1n) is 10.3. The van der Waals surface area contributed by atoms with Gasteiger partial charge in [-0.05, 0) is 25.6 Å². The Morgan fingerprint density at radius 3 is 2.74 bits per heavy atom. The van der Waals surface area contributed by atoms with Gasteiger partial charge in [0.15, 0.2) is 0 Å². The lowest BCUT2D eigenvalue weighted by molar-refractivity contribution is 0.307. The van der Waals surface area contributed by atoms with Crippen LogP contribution in [-0.2, 0) is 20.0 Å². The zero-order chi connectivity index (χ0) is 21.5. The molecular formula is C23H25N7O. The number of hydrogen-bond donors (Lipinski definition) is 1. The summed E-state index contributed by atoms with van der Waals surface area (Å²) in [5.74, 6) is 1.06. The van der Waals surface area contributed by atoms with E-state index in [0.29, 0.717) is 11.8 Å². The van der Waals surface area contributed by atoms with Crippen molar-refractivity contribution >= 4 is 22.5 Å². The first-order chi connectivity index (χ1) is 15.0. The fraction of sp³-hybridized carbons (Fsp3) is 0.304. The molecule has 0 spiro atoms. The maximum Gasteiger partial charge on any atom is 0.237 e. The van der Waals surface area contributed by atoms with Crippen LogP contribution in [0.25, 0.3) is 22.0 Å². The number of likely N-dealkylation sites (N-methyl/N-ethyl adjacent to an activating group) is 1. The van der Waals surface area contributed by atoms with Gasteiger partial charge in [0, 0.05) is 55.0 Å². The average molecular weight is 416 g/mol. The van der Waals surface area contributed by atoms with E-state index >= 15 is 0 Å². The van der Waals surface area contributed by atoms with Crippen molar-refractivity contribution in [2.45, 2.75) is 19.9 Å². The quantitative estimate of drug-likeness (QED) is 0.546. The number of fused-ring (bicyclic) bond motifs is 2. The molecule has 0 saturated carbocycles. The number of aromatic nitrogens is 5. The standard InChI is InChI=1S/C23H25N7O/c1-14-18(12-25-30(14)3)17-7-5-6-15-11-24-23(28-21(15)17)27-20-10-16-13-29(2)9-8-19(16)26-22(20)31-4/h5-7,10-12H,8-9,13H2,1-4H3,(H,24,27,28). The molecule has 0 amide bonds. The fourth-order valence-corrected chi connectivity index (χ4v) is 4.06. The van der Waals surface area contributed by atoms with Crippen molar-refractivity contribution in [2.24, 2.45) is 7.05 Å². The minimum Gasteiger partial charge on any atom is -0.480 e. The monoisotopic (exact) mass is 415 g/mol. The Morgan fingerprint density at radius 2 is 1.97 bits per heavy atom. The summed E-state index contributed by atoms with van der Waals surface area (Å²) in [4.78, 5) is 16.4. The number of benzene rings is 1. The van der Waals surface area contributed by atoms with Crippen molar-refractivity contribution in [3.05, 3.63) is 53.6 Å². The van der Waals surface area contributed by atoms with Gasteiger partial charge in [-0.1, -0.05) is 18.2 Å². The number of rotatable bonds is 4. The van der Waals surface area contributed by atoms with Gasteiger partial charge in [-0.15, -0.1) is 0 Å².